The largest absolute Gasteiger partial charge is 0.352 e. The summed E-state index contributed by atoms with van der Waals surface area (Å²) in [6, 6.07) is -0.369. The van der Waals surface area contributed by atoms with Gasteiger partial charge in [-0.05, 0) is 19.8 Å². The molecule has 28 heavy (non-hydrogen) atoms. The van der Waals surface area contributed by atoms with E-state index in [1.807, 2.05) is 13.8 Å². The summed E-state index contributed by atoms with van der Waals surface area (Å²) in [4.78, 5) is 25.1. The molecule has 1 amide bonds. The lowest BCUT2D eigenvalue weighted by Crippen LogP contribution is -2.61. The van der Waals surface area contributed by atoms with Crippen LogP contribution in [-0.2, 0) is 4.74 Å². The molecule has 2 aliphatic rings. The van der Waals surface area contributed by atoms with Gasteiger partial charge in [-0.25, -0.2) is 10.9 Å². The van der Waals surface area contributed by atoms with Crippen LogP contribution in [0.25, 0.3) is 0 Å². The monoisotopic (exact) mass is 414 g/mol. The van der Waals surface area contributed by atoms with Crippen LogP contribution in [0.2, 0.25) is 0 Å². The summed E-state index contributed by atoms with van der Waals surface area (Å²) in [5.41, 5.74) is 8.37. The summed E-state index contributed by atoms with van der Waals surface area (Å²) in [7, 11) is 0. The van der Waals surface area contributed by atoms with Gasteiger partial charge in [-0.1, -0.05) is 29.9 Å². The first-order valence-corrected chi connectivity index (χ1v) is 9.70. The molecule has 0 bridgehead atoms. The van der Waals surface area contributed by atoms with E-state index in [1.54, 1.807) is 0 Å². The molecule has 10 N–H and O–H groups in total. The Hall–Kier alpha value is -2.10. The molecule has 2 aliphatic heterocycles. The maximum absolute atomic E-state index is 12.8. The fourth-order valence-corrected chi connectivity index (χ4v) is 4.54. The van der Waals surface area contributed by atoms with E-state index in [4.69, 9.17) is 28.0 Å². The third kappa shape index (κ3) is 3.17. The quantitative estimate of drug-likeness (QED) is 0.144. The van der Waals surface area contributed by atoms with Gasteiger partial charge in [-0.3, -0.25) is 25.4 Å². The van der Waals surface area contributed by atoms with Crippen molar-refractivity contribution in [3.63, 3.8) is 0 Å². The second-order valence-corrected chi connectivity index (χ2v) is 7.94. The van der Waals surface area contributed by atoms with Crippen LogP contribution < -0.4 is 38.9 Å². The van der Waals surface area contributed by atoms with Gasteiger partial charge in [0.15, 0.2) is 6.23 Å². The van der Waals surface area contributed by atoms with Crippen LogP contribution in [0.5, 0.6) is 0 Å². The molecule has 2 unspecified atom stereocenters. The van der Waals surface area contributed by atoms with Crippen LogP contribution >= 0.6 is 11.3 Å². The zero-order valence-corrected chi connectivity index (χ0v) is 16.5. The van der Waals surface area contributed by atoms with Crippen LogP contribution in [0.1, 0.15) is 49.0 Å². The first-order valence-electron chi connectivity index (χ1n) is 8.89. The highest BCUT2D eigenvalue weighted by Gasteiger charge is 2.52. The van der Waals surface area contributed by atoms with E-state index in [0.717, 1.165) is 29.2 Å². The molecule has 0 spiro atoms. The SMILES string of the molecule is CCCC1C[C@@](N)([C@H](C)NN)[C@H](n2c3c(sc2=O)C(=O)N(N)C(N=NN)N3)O1. The molecule has 0 aromatic carbocycles. The maximum Gasteiger partial charge on any atom is 0.311 e. The van der Waals surface area contributed by atoms with Crippen molar-refractivity contribution in [2.45, 2.75) is 63.3 Å². The predicted molar refractivity (Wildman–Crippen MR) is 103 cm³/mol. The van der Waals surface area contributed by atoms with Crippen molar-refractivity contribution < 1.29 is 9.53 Å². The number of amides is 1. The molecule has 156 valence electrons. The number of carbonyl (C=O) groups excluding carboxylic acids is 1. The number of aromatic nitrogens is 1. The van der Waals surface area contributed by atoms with Crippen LogP contribution in [-0.4, -0.2) is 39.5 Å². The van der Waals surface area contributed by atoms with Crippen LogP contribution in [0.3, 0.4) is 0 Å². The third-order valence-electron chi connectivity index (χ3n) is 5.24. The molecule has 14 heteroatoms. The average Bonchev–Trinajstić information content (AvgIpc) is 3.16. The molecule has 1 saturated heterocycles. The third-order valence-corrected chi connectivity index (χ3v) is 6.18. The van der Waals surface area contributed by atoms with Gasteiger partial charge < -0.3 is 21.6 Å². The molecule has 5 atom stereocenters. The Balaban J connectivity index is 2.09. The standard InChI is InChI=1S/C14H26N10O3S/c1-3-4-7-5-14(15,6(2)20-16)11(27-7)23-9-8(28-13(23)26)10(25)24(18)12(19-9)21-22-17/h6-7,11-12,19-20H,3-5,15-16,18H2,1-2H3,(H2,17,21)/t6-,7?,11+,12?,14+/m0/s1. The Kier molecular flexibility index (Phi) is 5.69. The van der Waals surface area contributed by atoms with Crippen molar-refractivity contribution >= 4 is 23.1 Å². The number of nitrogens with two attached hydrogens (primary N) is 4. The number of nitrogens with zero attached hydrogens (tertiary/aromatic N) is 4. The van der Waals surface area contributed by atoms with Gasteiger partial charge >= 0.3 is 4.87 Å². The van der Waals surface area contributed by atoms with Gasteiger partial charge in [0, 0.05) is 6.04 Å². The van der Waals surface area contributed by atoms with E-state index in [1.165, 1.54) is 4.57 Å². The highest BCUT2D eigenvalue weighted by Crippen LogP contribution is 2.42. The van der Waals surface area contributed by atoms with Crippen molar-refractivity contribution in [3.8, 4) is 0 Å². The Labute approximate surface area is 165 Å². The summed E-state index contributed by atoms with van der Waals surface area (Å²) in [6.45, 7) is 3.86. The summed E-state index contributed by atoms with van der Waals surface area (Å²) in [5, 5.41) is 10.6. The van der Waals surface area contributed by atoms with E-state index in [-0.39, 0.29) is 22.8 Å². The van der Waals surface area contributed by atoms with Crippen LogP contribution in [0.15, 0.2) is 15.1 Å². The van der Waals surface area contributed by atoms with E-state index >= 15 is 0 Å². The van der Waals surface area contributed by atoms with Crippen LogP contribution in [0, 0.1) is 0 Å². The van der Waals surface area contributed by atoms with Gasteiger partial charge in [0.25, 0.3) is 5.91 Å². The topological polar surface area (TPSA) is 204 Å². The fourth-order valence-electron chi connectivity index (χ4n) is 3.64. The Bertz CT molecular complexity index is 825. The molecule has 3 rings (SSSR count). The minimum atomic E-state index is -1.06. The van der Waals surface area contributed by atoms with Gasteiger partial charge in [-0.15, -0.1) is 5.11 Å². The minimum Gasteiger partial charge on any atom is -0.352 e. The number of carbonyl (C=O) groups is 1. The Morgan fingerprint density at radius 2 is 2.21 bits per heavy atom. The van der Waals surface area contributed by atoms with Gasteiger partial charge in [-0.2, -0.15) is 0 Å². The number of rotatable bonds is 6. The van der Waals surface area contributed by atoms with Crippen LogP contribution in [0.4, 0.5) is 5.82 Å². The van der Waals surface area contributed by atoms with Crippen molar-refractivity contribution in [2.75, 3.05) is 5.32 Å². The highest BCUT2D eigenvalue weighted by atomic mass is 32.1. The van der Waals surface area contributed by atoms with Gasteiger partial charge in [0.05, 0.1) is 11.6 Å². The molecule has 1 aromatic heterocycles. The molecule has 1 aromatic rings. The Morgan fingerprint density at radius 3 is 2.82 bits per heavy atom. The first-order chi connectivity index (χ1) is 13.3. The lowest BCUT2D eigenvalue weighted by molar-refractivity contribution is -0.0272. The second-order valence-electron chi connectivity index (χ2n) is 6.98. The van der Waals surface area contributed by atoms with Crippen molar-refractivity contribution in [1.82, 2.24) is 15.0 Å². The summed E-state index contributed by atoms with van der Waals surface area (Å²) < 4.78 is 7.50. The van der Waals surface area contributed by atoms with E-state index in [0.29, 0.717) is 6.42 Å². The number of fused-ring (bicyclic) bond motifs is 1. The number of anilines is 1. The lowest BCUT2D eigenvalue weighted by atomic mass is 9.86. The van der Waals surface area contributed by atoms with Crippen molar-refractivity contribution in [3.05, 3.63) is 14.5 Å². The smallest absolute Gasteiger partial charge is 0.311 e. The summed E-state index contributed by atoms with van der Waals surface area (Å²) >= 11 is 0.753. The number of thiazole rings is 1. The molecule has 0 saturated carbocycles. The van der Waals surface area contributed by atoms with Gasteiger partial charge in [0.1, 0.15) is 10.7 Å². The average molecular weight is 414 g/mol. The van der Waals surface area contributed by atoms with Crippen molar-refractivity contribution in [2.24, 2.45) is 33.6 Å². The number of hydrazine groups is 2. The molecular weight excluding hydrogens is 388 g/mol. The second kappa shape index (κ2) is 7.73. The number of hydrogen-bond acceptors (Lipinski definition) is 11. The first kappa shape index (κ1) is 20.6. The molecule has 0 radical (unpaired) electrons. The maximum atomic E-state index is 12.8. The summed E-state index contributed by atoms with van der Waals surface area (Å²) in [5.74, 6) is 16.1. The minimum absolute atomic E-state index is 0.134. The number of hydrogen-bond donors (Lipinski definition) is 6. The lowest BCUT2D eigenvalue weighted by Gasteiger charge is -2.37. The fraction of sp³-hybridized carbons (Fsp3) is 0.714. The molecule has 13 nitrogen and oxygen atoms in total. The van der Waals surface area contributed by atoms with E-state index in [2.05, 4.69) is 21.1 Å². The van der Waals surface area contributed by atoms with E-state index < -0.39 is 28.8 Å². The number of nitrogens with one attached hydrogen (secondary N) is 2. The zero-order valence-electron chi connectivity index (χ0n) is 15.7. The summed E-state index contributed by atoms with van der Waals surface area (Å²) in [6.07, 6.45) is 0.116. The molecule has 0 aliphatic carbocycles. The normalized spacial score (nSPS) is 31.2. The van der Waals surface area contributed by atoms with Gasteiger partial charge in [0.2, 0.25) is 6.29 Å². The highest BCUT2D eigenvalue weighted by molar-refractivity contribution is 7.12. The molecule has 1 fully saturated rings. The van der Waals surface area contributed by atoms with E-state index in [9.17, 15) is 9.59 Å². The van der Waals surface area contributed by atoms with Crippen molar-refractivity contribution in [1.29, 1.82) is 0 Å². The Morgan fingerprint density at radius 1 is 1.50 bits per heavy atom. The molecular formula is C14H26N10O3S. The molecule has 3 heterocycles. The predicted octanol–water partition coefficient (Wildman–Crippen LogP) is -1.10. The number of ether oxygens (including phenoxy) is 1. The zero-order chi connectivity index (χ0) is 20.6.